The molecule has 0 spiro atoms. The first kappa shape index (κ1) is 16.5. The van der Waals surface area contributed by atoms with Crippen LogP contribution in [0, 0.1) is 5.82 Å². The molecule has 1 amide bonds. The summed E-state index contributed by atoms with van der Waals surface area (Å²) in [4.78, 5) is 18.4. The molecule has 1 aromatic heterocycles. The Balaban J connectivity index is 2.21. The van der Waals surface area contributed by atoms with Gasteiger partial charge in [0, 0.05) is 6.54 Å². The Hall–Kier alpha value is -2.91. The van der Waals surface area contributed by atoms with Crippen molar-refractivity contribution in [2.45, 2.75) is 12.7 Å². The van der Waals surface area contributed by atoms with Crippen LogP contribution < -0.4 is 5.32 Å². The molecule has 2 rings (SSSR count). The van der Waals surface area contributed by atoms with Gasteiger partial charge in [0.15, 0.2) is 5.69 Å². The fourth-order valence-electron chi connectivity index (χ4n) is 1.76. The number of halogens is 4. The first-order valence-corrected chi connectivity index (χ1v) is 6.07. The minimum atomic E-state index is -4.79. The highest BCUT2D eigenvalue weighted by Crippen LogP contribution is 2.32. The van der Waals surface area contributed by atoms with Crippen LogP contribution in [0.4, 0.5) is 17.6 Å². The van der Waals surface area contributed by atoms with Crippen LogP contribution in [-0.4, -0.2) is 26.1 Å². The number of aromatic nitrogens is 2. The number of nitrogens with one attached hydrogen (secondary N) is 1. The molecule has 122 valence electrons. The van der Waals surface area contributed by atoms with Gasteiger partial charge in [0.1, 0.15) is 12.1 Å². The highest BCUT2D eigenvalue weighted by atomic mass is 19.4. The summed E-state index contributed by atoms with van der Waals surface area (Å²) in [5.74, 6) is -3.84. The summed E-state index contributed by atoms with van der Waals surface area (Å²) < 4.78 is 51.4. The van der Waals surface area contributed by atoms with Gasteiger partial charge in [0.05, 0.1) is 5.56 Å². The number of rotatable bonds is 3. The molecule has 0 aliphatic rings. The third-order valence-electron chi connectivity index (χ3n) is 2.83. The molecule has 0 bridgehead atoms. The van der Waals surface area contributed by atoms with E-state index in [2.05, 4.69) is 15.3 Å². The van der Waals surface area contributed by atoms with E-state index in [-0.39, 0.29) is 5.56 Å². The molecule has 3 N–H and O–H groups in total. The molecule has 10 heteroatoms. The Kier molecular flexibility index (Phi) is 4.34. The van der Waals surface area contributed by atoms with E-state index in [0.29, 0.717) is 6.07 Å². The molecule has 0 saturated heterocycles. The van der Waals surface area contributed by atoms with E-state index in [1.54, 1.807) is 0 Å². The van der Waals surface area contributed by atoms with E-state index < -0.39 is 47.3 Å². The second kappa shape index (κ2) is 6.07. The van der Waals surface area contributed by atoms with Crippen molar-refractivity contribution < 1.29 is 32.6 Å². The Morgan fingerprint density at radius 2 is 1.91 bits per heavy atom. The van der Waals surface area contributed by atoms with Gasteiger partial charge in [-0.05, 0) is 17.7 Å². The lowest BCUT2D eigenvalue weighted by Crippen LogP contribution is -2.25. The Morgan fingerprint density at radius 1 is 1.22 bits per heavy atom. The van der Waals surface area contributed by atoms with Crippen LogP contribution in [0.3, 0.4) is 0 Å². The highest BCUT2D eigenvalue weighted by Gasteiger charge is 2.33. The summed E-state index contributed by atoms with van der Waals surface area (Å²) in [5, 5.41) is 20.7. The van der Waals surface area contributed by atoms with Crippen molar-refractivity contribution in [1.29, 1.82) is 0 Å². The number of aromatic hydroxyl groups is 2. The number of alkyl halides is 3. The van der Waals surface area contributed by atoms with Crippen molar-refractivity contribution in [3.05, 3.63) is 47.2 Å². The molecule has 2 aromatic rings. The molecule has 0 aliphatic carbocycles. The molecule has 0 unspecified atom stereocenters. The van der Waals surface area contributed by atoms with Crippen LogP contribution in [0.15, 0.2) is 24.5 Å². The van der Waals surface area contributed by atoms with Gasteiger partial charge in [-0.15, -0.1) is 0 Å². The average Bonchev–Trinajstić information content (AvgIpc) is 2.47. The van der Waals surface area contributed by atoms with Crippen molar-refractivity contribution in [2.75, 3.05) is 0 Å². The molecule has 1 heterocycles. The first-order chi connectivity index (χ1) is 10.7. The molecule has 0 radical (unpaired) electrons. The maximum atomic E-state index is 13.0. The number of carbonyl (C=O) groups excluding carboxylic acids is 1. The van der Waals surface area contributed by atoms with Crippen molar-refractivity contribution in [2.24, 2.45) is 0 Å². The lowest BCUT2D eigenvalue weighted by molar-refractivity contribution is -0.138. The smallest absolute Gasteiger partial charge is 0.416 e. The number of carbonyl (C=O) groups is 1. The molecule has 0 atom stereocenters. The standard InChI is InChI=1S/C13H9F4N3O3/c14-7-2-1-6(8(3-7)13(15,16)17)4-18-11(22)9-10(21)12(23)20-5-19-9/h1-3,5,21H,4H2,(H,18,22)(H,19,20,23). The number of benzene rings is 1. The number of nitrogens with zero attached hydrogens (tertiary/aromatic N) is 2. The van der Waals surface area contributed by atoms with Gasteiger partial charge in [0.2, 0.25) is 5.75 Å². The predicted octanol–water partition coefficient (Wildman–Crippen LogP) is 1.98. The third-order valence-corrected chi connectivity index (χ3v) is 2.83. The number of hydrogen-bond acceptors (Lipinski definition) is 5. The van der Waals surface area contributed by atoms with E-state index >= 15 is 0 Å². The number of amides is 1. The summed E-state index contributed by atoms with van der Waals surface area (Å²) >= 11 is 0. The van der Waals surface area contributed by atoms with Gasteiger partial charge < -0.3 is 15.5 Å². The van der Waals surface area contributed by atoms with E-state index in [1.807, 2.05) is 0 Å². The van der Waals surface area contributed by atoms with Crippen molar-refractivity contribution in [3.63, 3.8) is 0 Å². The SMILES string of the molecule is O=C(NCc1ccc(F)cc1C(F)(F)F)c1ncnc(O)c1O. The van der Waals surface area contributed by atoms with Gasteiger partial charge in [-0.25, -0.2) is 9.37 Å². The van der Waals surface area contributed by atoms with Crippen LogP contribution in [0.5, 0.6) is 11.6 Å². The summed E-state index contributed by atoms with van der Waals surface area (Å²) in [6, 6.07) is 2.02. The largest absolute Gasteiger partial charge is 0.501 e. The van der Waals surface area contributed by atoms with Crippen molar-refractivity contribution in [3.8, 4) is 11.6 Å². The Morgan fingerprint density at radius 3 is 2.57 bits per heavy atom. The van der Waals surface area contributed by atoms with Gasteiger partial charge in [0.25, 0.3) is 11.8 Å². The van der Waals surface area contributed by atoms with E-state index in [0.717, 1.165) is 18.5 Å². The quantitative estimate of drug-likeness (QED) is 0.748. The van der Waals surface area contributed by atoms with Gasteiger partial charge in [-0.3, -0.25) is 4.79 Å². The highest BCUT2D eigenvalue weighted by molar-refractivity contribution is 5.95. The van der Waals surface area contributed by atoms with Crippen LogP contribution in [0.25, 0.3) is 0 Å². The third kappa shape index (κ3) is 3.65. The molecule has 0 aliphatic heterocycles. The molecular formula is C13H9F4N3O3. The molecule has 23 heavy (non-hydrogen) atoms. The van der Waals surface area contributed by atoms with E-state index in [1.165, 1.54) is 0 Å². The fraction of sp³-hybridized carbons (Fsp3) is 0.154. The second-order valence-electron chi connectivity index (χ2n) is 4.38. The maximum Gasteiger partial charge on any atom is 0.416 e. The average molecular weight is 331 g/mol. The van der Waals surface area contributed by atoms with Crippen LogP contribution in [0.1, 0.15) is 21.6 Å². The summed E-state index contributed by atoms with van der Waals surface area (Å²) in [7, 11) is 0. The lowest BCUT2D eigenvalue weighted by Gasteiger charge is -2.13. The zero-order chi connectivity index (χ0) is 17.2. The Labute approximate surface area is 126 Å². The predicted molar refractivity (Wildman–Crippen MR) is 67.9 cm³/mol. The Bertz CT molecular complexity index is 750. The summed E-state index contributed by atoms with van der Waals surface area (Å²) in [5.41, 5.74) is -2.20. The van der Waals surface area contributed by atoms with Crippen LogP contribution in [0.2, 0.25) is 0 Å². The van der Waals surface area contributed by atoms with Crippen LogP contribution >= 0.6 is 0 Å². The minimum absolute atomic E-state index is 0.315. The zero-order valence-electron chi connectivity index (χ0n) is 11.2. The molecule has 1 aromatic carbocycles. The maximum absolute atomic E-state index is 13.0. The summed E-state index contributed by atoms with van der Waals surface area (Å²) in [6.45, 7) is -0.585. The molecule has 0 saturated carbocycles. The van der Waals surface area contributed by atoms with E-state index in [9.17, 15) is 27.5 Å². The minimum Gasteiger partial charge on any atom is -0.501 e. The zero-order valence-corrected chi connectivity index (χ0v) is 11.2. The van der Waals surface area contributed by atoms with Crippen LogP contribution in [-0.2, 0) is 12.7 Å². The molecule has 0 fully saturated rings. The molecular weight excluding hydrogens is 322 g/mol. The molecule has 6 nitrogen and oxygen atoms in total. The second-order valence-corrected chi connectivity index (χ2v) is 4.38. The number of hydrogen-bond donors (Lipinski definition) is 3. The normalized spacial score (nSPS) is 11.3. The monoisotopic (exact) mass is 331 g/mol. The fourth-order valence-corrected chi connectivity index (χ4v) is 1.76. The van der Waals surface area contributed by atoms with Gasteiger partial charge >= 0.3 is 6.18 Å². The van der Waals surface area contributed by atoms with E-state index in [4.69, 9.17) is 5.11 Å². The first-order valence-electron chi connectivity index (χ1n) is 6.07. The van der Waals surface area contributed by atoms with Crippen molar-refractivity contribution in [1.82, 2.24) is 15.3 Å². The van der Waals surface area contributed by atoms with Gasteiger partial charge in [-0.2, -0.15) is 18.2 Å². The topological polar surface area (TPSA) is 95.3 Å². The van der Waals surface area contributed by atoms with Crippen molar-refractivity contribution >= 4 is 5.91 Å². The lowest BCUT2D eigenvalue weighted by atomic mass is 10.1. The van der Waals surface area contributed by atoms with Gasteiger partial charge in [-0.1, -0.05) is 6.07 Å². The summed E-state index contributed by atoms with van der Waals surface area (Å²) in [6.07, 6.45) is -4.00.